The minimum absolute atomic E-state index is 0.438. The monoisotopic (exact) mass is 412 g/mol. The number of nitrogen functional groups attached to an aromatic ring is 1. The van der Waals surface area contributed by atoms with Gasteiger partial charge in [0.1, 0.15) is 5.75 Å². The van der Waals surface area contributed by atoms with Gasteiger partial charge in [0.15, 0.2) is 5.76 Å². The number of oxazole rings is 1. The molecule has 3 aromatic rings. The van der Waals surface area contributed by atoms with Crippen molar-refractivity contribution in [2.24, 2.45) is 0 Å². The second kappa shape index (κ2) is 12.5. The van der Waals surface area contributed by atoms with Crippen LogP contribution < -0.4 is 21.1 Å². The summed E-state index contributed by atoms with van der Waals surface area (Å²) in [5.41, 5.74) is 9.59. The maximum Gasteiger partial charge on any atom is 0.299 e. The molecule has 30 heavy (non-hydrogen) atoms. The first kappa shape index (κ1) is 23.3. The summed E-state index contributed by atoms with van der Waals surface area (Å²) in [6.45, 7) is 3.59. The van der Waals surface area contributed by atoms with Gasteiger partial charge in [-0.25, -0.2) is 4.98 Å². The van der Waals surface area contributed by atoms with Crippen molar-refractivity contribution in [3.8, 4) is 17.1 Å². The fraction of sp³-hybridized carbons (Fsp3) is 0.348. The fourth-order valence-corrected chi connectivity index (χ4v) is 2.67. The highest BCUT2D eigenvalue weighted by atomic mass is 16.5. The molecule has 0 amide bonds. The van der Waals surface area contributed by atoms with E-state index >= 15 is 0 Å². The molecule has 0 saturated carbocycles. The highest BCUT2D eigenvalue weighted by Gasteiger charge is 2.08. The number of nitrogens with zero attached hydrogens (tertiary/aromatic N) is 1. The third-order valence-corrected chi connectivity index (χ3v) is 4.17. The number of rotatable bonds is 9. The van der Waals surface area contributed by atoms with Gasteiger partial charge in [0.2, 0.25) is 0 Å². The van der Waals surface area contributed by atoms with Gasteiger partial charge in [-0.05, 0) is 61.5 Å². The van der Waals surface area contributed by atoms with E-state index in [2.05, 4.69) is 27.3 Å². The Hall–Kier alpha value is -3.03. The van der Waals surface area contributed by atoms with Crippen LogP contribution >= 0.6 is 0 Å². The Bertz CT molecular complexity index is 878. The Morgan fingerprint density at radius 3 is 2.50 bits per heavy atom. The second-order valence-corrected chi connectivity index (χ2v) is 6.73. The summed E-state index contributed by atoms with van der Waals surface area (Å²) in [6, 6.07) is 14.0. The van der Waals surface area contributed by atoms with Gasteiger partial charge in [0.05, 0.1) is 12.8 Å². The van der Waals surface area contributed by atoms with Crippen molar-refractivity contribution in [3.63, 3.8) is 0 Å². The van der Waals surface area contributed by atoms with Crippen molar-refractivity contribution in [1.82, 2.24) is 10.3 Å². The minimum Gasteiger partial charge on any atom is -0.494 e. The first-order valence-electron chi connectivity index (χ1n) is 10.0. The van der Waals surface area contributed by atoms with E-state index in [0.29, 0.717) is 18.3 Å². The van der Waals surface area contributed by atoms with E-state index in [4.69, 9.17) is 14.9 Å². The van der Waals surface area contributed by atoms with Gasteiger partial charge in [-0.3, -0.25) is 0 Å². The molecule has 0 aliphatic heterocycles. The quantitative estimate of drug-likeness (QED) is 0.342. The van der Waals surface area contributed by atoms with Crippen LogP contribution in [0.4, 0.5) is 17.4 Å². The lowest BCUT2D eigenvalue weighted by molar-refractivity contribution is 0.277. The maximum atomic E-state index is 5.98. The number of ether oxygens (including phenoxy) is 2. The number of nitrogens with one attached hydrogen (secondary N) is 2. The van der Waals surface area contributed by atoms with Crippen LogP contribution in [0.25, 0.3) is 11.3 Å². The first-order valence-corrected chi connectivity index (χ1v) is 10.0. The van der Waals surface area contributed by atoms with Crippen LogP contribution in [-0.4, -0.2) is 32.9 Å². The van der Waals surface area contributed by atoms with Crippen molar-refractivity contribution >= 4 is 17.4 Å². The molecule has 7 heteroatoms. The summed E-state index contributed by atoms with van der Waals surface area (Å²) in [5.74, 6) is 1.56. The summed E-state index contributed by atoms with van der Waals surface area (Å²) < 4.78 is 15.8. The molecule has 1 aromatic heterocycles. The van der Waals surface area contributed by atoms with Crippen LogP contribution in [0.15, 0.2) is 53.1 Å². The van der Waals surface area contributed by atoms with Gasteiger partial charge in [0.25, 0.3) is 6.01 Å². The van der Waals surface area contributed by atoms with Gasteiger partial charge in [-0.2, -0.15) is 0 Å². The van der Waals surface area contributed by atoms with E-state index in [1.165, 1.54) is 0 Å². The standard InChI is InChI=1S/C21H26N4O2.C2H6O/c1-3-4-11-26-18-8-5-15(6-9-18)20-14-24-21(27-20)25-17-7-10-19(22)16(12-17)13-23-2;1-3-2/h5-10,12,14,23H,3-4,11,13,22H2,1-2H3,(H,24,25);1-2H3. The zero-order valence-corrected chi connectivity index (χ0v) is 18.2. The molecule has 4 N–H and O–H groups in total. The normalized spacial score (nSPS) is 10.3. The molecule has 0 radical (unpaired) electrons. The van der Waals surface area contributed by atoms with E-state index in [9.17, 15) is 0 Å². The lowest BCUT2D eigenvalue weighted by Crippen LogP contribution is -2.08. The number of methoxy groups -OCH3 is 1. The van der Waals surface area contributed by atoms with Crippen molar-refractivity contribution in [3.05, 3.63) is 54.2 Å². The van der Waals surface area contributed by atoms with Crippen molar-refractivity contribution in [1.29, 1.82) is 0 Å². The van der Waals surface area contributed by atoms with Crippen LogP contribution in [0.5, 0.6) is 5.75 Å². The molecule has 0 fully saturated rings. The average molecular weight is 413 g/mol. The Morgan fingerprint density at radius 2 is 1.83 bits per heavy atom. The van der Waals surface area contributed by atoms with Gasteiger partial charge >= 0.3 is 0 Å². The van der Waals surface area contributed by atoms with Crippen molar-refractivity contribution in [2.75, 3.05) is 38.9 Å². The summed E-state index contributed by atoms with van der Waals surface area (Å²) in [5, 5.41) is 6.28. The zero-order valence-electron chi connectivity index (χ0n) is 18.2. The number of hydrogen-bond acceptors (Lipinski definition) is 7. The van der Waals surface area contributed by atoms with E-state index in [1.807, 2.05) is 49.5 Å². The van der Waals surface area contributed by atoms with Gasteiger partial charge in [0, 0.05) is 37.7 Å². The van der Waals surface area contributed by atoms with Gasteiger partial charge in [-0.15, -0.1) is 0 Å². The summed E-state index contributed by atoms with van der Waals surface area (Å²) in [6.07, 6.45) is 3.89. The number of hydrogen-bond donors (Lipinski definition) is 3. The zero-order chi connectivity index (χ0) is 21.8. The number of unbranched alkanes of at least 4 members (excludes halogenated alkanes) is 1. The lowest BCUT2D eigenvalue weighted by atomic mass is 10.1. The molecule has 0 saturated heterocycles. The second-order valence-electron chi connectivity index (χ2n) is 6.73. The van der Waals surface area contributed by atoms with Gasteiger partial charge in [-0.1, -0.05) is 13.3 Å². The molecule has 1 heterocycles. The van der Waals surface area contributed by atoms with Crippen LogP contribution in [0.3, 0.4) is 0 Å². The van der Waals surface area contributed by atoms with Gasteiger partial charge < -0.3 is 30.3 Å². The number of nitrogens with two attached hydrogens (primary N) is 1. The first-order chi connectivity index (χ1) is 14.6. The molecule has 0 spiro atoms. The van der Waals surface area contributed by atoms with Crippen LogP contribution in [-0.2, 0) is 11.3 Å². The third-order valence-electron chi connectivity index (χ3n) is 4.17. The molecule has 2 aromatic carbocycles. The molecule has 162 valence electrons. The summed E-state index contributed by atoms with van der Waals surface area (Å²) in [4.78, 5) is 4.31. The molecular formula is C23H32N4O3. The van der Waals surface area contributed by atoms with Crippen molar-refractivity contribution < 1.29 is 13.9 Å². The molecular weight excluding hydrogens is 380 g/mol. The fourth-order valence-electron chi connectivity index (χ4n) is 2.67. The highest BCUT2D eigenvalue weighted by Crippen LogP contribution is 2.27. The largest absolute Gasteiger partial charge is 0.494 e. The number of anilines is 3. The molecule has 0 bridgehead atoms. The van der Waals surface area contributed by atoms with E-state index in [-0.39, 0.29) is 0 Å². The SMILES string of the molecule is CCCCOc1ccc(-c2cnc(Nc3ccc(N)c(CNC)c3)o2)cc1.COC. The molecule has 0 atom stereocenters. The summed E-state index contributed by atoms with van der Waals surface area (Å²) >= 11 is 0. The Kier molecular flexibility index (Phi) is 9.70. The number of aromatic nitrogens is 1. The topological polar surface area (TPSA) is 94.6 Å². The Morgan fingerprint density at radius 1 is 1.10 bits per heavy atom. The Balaban J connectivity index is 0.00000101. The maximum absolute atomic E-state index is 5.98. The highest BCUT2D eigenvalue weighted by molar-refractivity contribution is 5.63. The smallest absolute Gasteiger partial charge is 0.299 e. The number of benzene rings is 2. The lowest BCUT2D eigenvalue weighted by Gasteiger charge is -2.08. The van der Waals surface area contributed by atoms with Crippen LogP contribution in [0.1, 0.15) is 25.3 Å². The van der Waals surface area contributed by atoms with E-state index in [1.54, 1.807) is 20.4 Å². The molecule has 3 rings (SSSR count). The molecule has 0 unspecified atom stereocenters. The third kappa shape index (κ3) is 7.09. The minimum atomic E-state index is 0.438. The van der Waals surface area contributed by atoms with E-state index < -0.39 is 0 Å². The van der Waals surface area contributed by atoms with Crippen molar-refractivity contribution in [2.45, 2.75) is 26.3 Å². The molecule has 0 aliphatic rings. The van der Waals surface area contributed by atoms with Crippen LogP contribution in [0.2, 0.25) is 0 Å². The molecule has 7 nitrogen and oxygen atoms in total. The van der Waals surface area contributed by atoms with E-state index in [0.717, 1.165) is 47.7 Å². The molecule has 0 aliphatic carbocycles. The average Bonchev–Trinajstić information content (AvgIpc) is 3.20. The predicted molar refractivity (Wildman–Crippen MR) is 122 cm³/mol. The Labute approximate surface area is 178 Å². The predicted octanol–water partition coefficient (Wildman–Crippen LogP) is 4.83. The summed E-state index contributed by atoms with van der Waals surface area (Å²) in [7, 11) is 5.14. The van der Waals surface area contributed by atoms with Crippen LogP contribution in [0, 0.1) is 0 Å².